The van der Waals surface area contributed by atoms with Gasteiger partial charge in [-0.05, 0) is 53.3 Å². The molecule has 1 aromatic heterocycles. The van der Waals surface area contributed by atoms with Crippen molar-refractivity contribution < 1.29 is 4.74 Å². The Morgan fingerprint density at radius 2 is 2.12 bits per heavy atom. The van der Waals surface area contributed by atoms with Gasteiger partial charge in [-0.1, -0.05) is 18.0 Å². The fourth-order valence-electron chi connectivity index (χ4n) is 4.59. The molecule has 0 atom stereocenters. The maximum absolute atomic E-state index is 6.73. The third-order valence-electron chi connectivity index (χ3n) is 6.09. The monoisotopic (exact) mass is 365 g/mol. The summed E-state index contributed by atoms with van der Waals surface area (Å²) in [6.45, 7) is 0. The molecule has 0 unspecified atom stereocenters. The van der Waals surface area contributed by atoms with Crippen LogP contribution in [-0.2, 0) is 11.8 Å². The number of pyridine rings is 1. The number of halogens is 1. The van der Waals surface area contributed by atoms with E-state index in [-0.39, 0.29) is 5.41 Å². The van der Waals surface area contributed by atoms with Crippen molar-refractivity contribution >= 4 is 33.7 Å². The third kappa shape index (κ3) is 1.96. The number of ether oxygens (including phenoxy) is 1. The van der Waals surface area contributed by atoms with Crippen LogP contribution in [-0.4, -0.2) is 25.0 Å². The highest BCUT2D eigenvalue weighted by molar-refractivity contribution is 6.53. The molecule has 0 amide bonds. The second kappa shape index (κ2) is 5.58. The van der Waals surface area contributed by atoms with E-state index in [1.807, 2.05) is 19.3 Å². The predicted molar refractivity (Wildman–Crippen MR) is 106 cm³/mol. The lowest BCUT2D eigenvalue weighted by atomic mass is 9.64. The summed E-state index contributed by atoms with van der Waals surface area (Å²) in [6.07, 6.45) is 7.98. The second-order valence-corrected chi connectivity index (χ2v) is 7.61. The van der Waals surface area contributed by atoms with Gasteiger partial charge in [0.15, 0.2) is 0 Å². The number of benzene rings is 1. The molecule has 1 fully saturated rings. The number of aliphatic imine (C=N–C) groups is 1. The number of methoxy groups -OCH3 is 1. The van der Waals surface area contributed by atoms with E-state index in [0.29, 0.717) is 0 Å². The molecule has 1 aromatic carbocycles. The Balaban J connectivity index is 1.66. The summed E-state index contributed by atoms with van der Waals surface area (Å²) < 4.78 is 5.78. The van der Waals surface area contributed by atoms with E-state index in [2.05, 4.69) is 27.4 Å². The number of rotatable bonds is 2. The minimum atomic E-state index is 0.0522. The largest absolute Gasteiger partial charge is 0.496 e. The molecular formula is C21H20ClN3O. The molecule has 1 saturated carbocycles. The highest BCUT2D eigenvalue weighted by Gasteiger charge is 2.49. The van der Waals surface area contributed by atoms with E-state index in [0.717, 1.165) is 63.8 Å². The van der Waals surface area contributed by atoms with E-state index >= 15 is 0 Å². The number of fused-ring (bicyclic) bond motifs is 3. The van der Waals surface area contributed by atoms with Gasteiger partial charge in [0.2, 0.25) is 0 Å². The summed E-state index contributed by atoms with van der Waals surface area (Å²) in [7, 11) is 3.60. The van der Waals surface area contributed by atoms with Crippen molar-refractivity contribution in [1.82, 2.24) is 4.98 Å². The number of allylic oxidation sites excluding steroid dienone is 1. The Bertz CT molecular complexity index is 989. The van der Waals surface area contributed by atoms with Crippen LogP contribution in [0.25, 0.3) is 10.6 Å². The lowest BCUT2D eigenvalue weighted by Gasteiger charge is -2.38. The van der Waals surface area contributed by atoms with E-state index < -0.39 is 0 Å². The van der Waals surface area contributed by atoms with Gasteiger partial charge in [-0.2, -0.15) is 0 Å². The van der Waals surface area contributed by atoms with Gasteiger partial charge in [-0.3, -0.25) is 9.98 Å². The predicted octanol–water partition coefficient (Wildman–Crippen LogP) is 4.63. The fourth-order valence-corrected chi connectivity index (χ4v) is 4.94. The van der Waals surface area contributed by atoms with Crippen molar-refractivity contribution in [2.24, 2.45) is 4.99 Å². The first-order valence-electron chi connectivity index (χ1n) is 8.97. The minimum Gasteiger partial charge on any atom is -0.496 e. The molecular weight excluding hydrogens is 346 g/mol. The number of nitrogens with one attached hydrogen (secondary N) is 1. The van der Waals surface area contributed by atoms with Crippen molar-refractivity contribution in [1.29, 1.82) is 0 Å². The van der Waals surface area contributed by atoms with E-state index in [1.165, 1.54) is 12.0 Å². The highest BCUT2D eigenvalue weighted by Crippen LogP contribution is 2.54. The quantitative estimate of drug-likeness (QED) is 0.844. The van der Waals surface area contributed by atoms with Crippen LogP contribution in [0.4, 0.5) is 5.69 Å². The van der Waals surface area contributed by atoms with Gasteiger partial charge in [-0.25, -0.2) is 0 Å². The van der Waals surface area contributed by atoms with Crippen molar-refractivity contribution in [3.8, 4) is 5.75 Å². The summed E-state index contributed by atoms with van der Waals surface area (Å²) >= 11 is 6.73. The van der Waals surface area contributed by atoms with Crippen molar-refractivity contribution in [2.75, 3.05) is 19.5 Å². The zero-order chi connectivity index (χ0) is 17.9. The molecule has 132 valence electrons. The Morgan fingerprint density at radius 1 is 1.27 bits per heavy atom. The Morgan fingerprint density at radius 3 is 2.77 bits per heavy atom. The molecule has 4 nitrogen and oxygen atoms in total. The molecule has 1 N–H and O–H groups in total. The molecule has 0 saturated heterocycles. The number of aromatic nitrogens is 1. The van der Waals surface area contributed by atoms with Crippen LogP contribution in [0.15, 0.2) is 35.6 Å². The van der Waals surface area contributed by atoms with E-state index in [1.54, 1.807) is 13.3 Å². The van der Waals surface area contributed by atoms with Crippen molar-refractivity contribution in [3.05, 3.63) is 52.8 Å². The Hall–Kier alpha value is -2.33. The van der Waals surface area contributed by atoms with Crippen LogP contribution in [0.2, 0.25) is 0 Å². The van der Waals surface area contributed by atoms with Gasteiger partial charge in [0.05, 0.1) is 17.6 Å². The van der Waals surface area contributed by atoms with Crippen LogP contribution in [0.1, 0.15) is 41.5 Å². The lowest BCUT2D eigenvalue weighted by molar-refractivity contribution is 0.344. The van der Waals surface area contributed by atoms with E-state index in [4.69, 9.17) is 16.3 Å². The van der Waals surface area contributed by atoms with Crippen LogP contribution in [0.3, 0.4) is 0 Å². The summed E-state index contributed by atoms with van der Waals surface area (Å²) in [5.41, 5.74) is 6.86. The topological polar surface area (TPSA) is 46.5 Å². The zero-order valence-electron chi connectivity index (χ0n) is 14.9. The van der Waals surface area contributed by atoms with Gasteiger partial charge in [0, 0.05) is 37.1 Å². The number of nitrogens with zero attached hydrogens (tertiary/aromatic N) is 2. The highest BCUT2D eigenvalue weighted by atomic mass is 35.5. The molecule has 2 aliphatic carbocycles. The fraction of sp³-hybridized carbons (Fsp3) is 0.333. The first-order chi connectivity index (χ1) is 12.7. The average molecular weight is 366 g/mol. The number of anilines is 1. The number of hydrogen-bond donors (Lipinski definition) is 1. The molecule has 3 aliphatic rings. The Kier molecular flexibility index (Phi) is 3.41. The molecule has 2 aromatic rings. The first kappa shape index (κ1) is 15.9. The molecule has 0 radical (unpaired) electrons. The molecule has 5 rings (SSSR count). The Labute approximate surface area is 158 Å². The van der Waals surface area contributed by atoms with Gasteiger partial charge in [-0.15, -0.1) is 0 Å². The van der Waals surface area contributed by atoms with Crippen LogP contribution in [0, 0.1) is 0 Å². The smallest absolute Gasteiger partial charge is 0.126 e. The van der Waals surface area contributed by atoms with Gasteiger partial charge < -0.3 is 10.1 Å². The SMILES string of the molecule is CN=C1Nc2cc(C3=C(Cl)c4ccncc4C3)c(OC)cc2C12CCC2. The summed E-state index contributed by atoms with van der Waals surface area (Å²) in [5.74, 6) is 1.96. The second-order valence-electron chi connectivity index (χ2n) is 7.23. The summed E-state index contributed by atoms with van der Waals surface area (Å²) in [4.78, 5) is 8.76. The van der Waals surface area contributed by atoms with Gasteiger partial charge in [0.1, 0.15) is 11.6 Å². The van der Waals surface area contributed by atoms with Crippen molar-refractivity contribution in [2.45, 2.75) is 31.1 Å². The molecule has 2 heterocycles. The zero-order valence-corrected chi connectivity index (χ0v) is 15.7. The van der Waals surface area contributed by atoms with Crippen LogP contribution >= 0.6 is 11.6 Å². The first-order valence-corrected chi connectivity index (χ1v) is 9.35. The standard InChI is InChI=1S/C21H20ClN3O/c1-23-20-21(5-3-6-21)16-10-18(26-2)14(9-17(16)25-20)15-8-12-11-24-7-4-13(12)19(15)22/h4,7,9-11H,3,5-6,8H2,1-2H3,(H,23,25). The molecule has 26 heavy (non-hydrogen) atoms. The number of amidine groups is 1. The molecule has 0 bridgehead atoms. The minimum absolute atomic E-state index is 0.0522. The molecule has 5 heteroatoms. The summed E-state index contributed by atoms with van der Waals surface area (Å²) in [5, 5.41) is 4.34. The summed E-state index contributed by atoms with van der Waals surface area (Å²) in [6, 6.07) is 6.35. The normalized spacial score (nSPS) is 20.8. The maximum atomic E-state index is 6.73. The van der Waals surface area contributed by atoms with Crippen LogP contribution in [0.5, 0.6) is 5.75 Å². The average Bonchev–Trinajstić information content (AvgIpc) is 3.15. The third-order valence-corrected chi connectivity index (χ3v) is 6.52. The van der Waals surface area contributed by atoms with Gasteiger partial charge >= 0.3 is 0 Å². The molecule has 1 spiro atoms. The van der Waals surface area contributed by atoms with Gasteiger partial charge in [0.25, 0.3) is 0 Å². The van der Waals surface area contributed by atoms with Crippen molar-refractivity contribution in [3.63, 3.8) is 0 Å². The van der Waals surface area contributed by atoms with Crippen LogP contribution < -0.4 is 10.1 Å². The maximum Gasteiger partial charge on any atom is 0.126 e. The lowest BCUT2D eigenvalue weighted by Crippen LogP contribution is -2.41. The number of hydrogen-bond acceptors (Lipinski definition) is 3. The van der Waals surface area contributed by atoms with E-state index in [9.17, 15) is 0 Å². The molecule has 1 aliphatic heterocycles.